The SMILES string of the molecule is O=C(O)C(=O)O.ONC12CC3CC(CC(C3)C1)C2. The average molecular weight is 257 g/mol. The van der Waals surface area contributed by atoms with Crippen molar-refractivity contribution >= 4 is 11.9 Å². The minimum absolute atomic E-state index is 0.148. The van der Waals surface area contributed by atoms with E-state index in [9.17, 15) is 5.21 Å². The maximum absolute atomic E-state index is 9.18. The van der Waals surface area contributed by atoms with E-state index in [4.69, 9.17) is 19.8 Å². The second kappa shape index (κ2) is 4.85. The maximum Gasteiger partial charge on any atom is 0.414 e. The quantitative estimate of drug-likeness (QED) is 0.414. The van der Waals surface area contributed by atoms with Gasteiger partial charge in [-0.25, -0.2) is 9.59 Å². The Balaban J connectivity index is 0.000000174. The molecule has 6 heteroatoms. The summed E-state index contributed by atoms with van der Waals surface area (Å²) in [5.41, 5.74) is 2.76. The number of carbonyl (C=O) groups is 2. The van der Waals surface area contributed by atoms with Crippen LogP contribution in [0.5, 0.6) is 0 Å². The molecule has 4 aliphatic carbocycles. The fourth-order valence-electron chi connectivity index (χ4n) is 4.25. The standard InChI is InChI=1S/C10H17NO.C2H2O4/c12-11-10-4-7-1-8(5-10)3-9(2-7)6-10;3-1(4)2(5)6/h7-9,11-12H,1-6H2;(H,3,4)(H,5,6). The third-order valence-electron chi connectivity index (χ3n) is 4.46. The Hall–Kier alpha value is -1.14. The Morgan fingerprint density at radius 1 is 0.889 bits per heavy atom. The Morgan fingerprint density at radius 2 is 1.22 bits per heavy atom. The van der Waals surface area contributed by atoms with Gasteiger partial charge in [0.2, 0.25) is 0 Å². The van der Waals surface area contributed by atoms with Crippen LogP contribution in [0.2, 0.25) is 0 Å². The van der Waals surface area contributed by atoms with Crippen molar-refractivity contribution in [3.8, 4) is 0 Å². The summed E-state index contributed by atoms with van der Waals surface area (Å²) in [5, 5.41) is 24.0. The summed E-state index contributed by atoms with van der Waals surface area (Å²) in [6.45, 7) is 0. The molecule has 0 heterocycles. The molecule has 0 amide bonds. The number of aliphatic carboxylic acids is 2. The van der Waals surface area contributed by atoms with Gasteiger partial charge in [-0.15, -0.1) is 0 Å². The molecule has 4 rings (SSSR count). The van der Waals surface area contributed by atoms with E-state index in [1.807, 2.05) is 0 Å². The second-order valence-corrected chi connectivity index (χ2v) is 5.92. The highest BCUT2D eigenvalue weighted by atomic mass is 16.5. The van der Waals surface area contributed by atoms with E-state index in [0.717, 1.165) is 17.8 Å². The fourth-order valence-corrected chi connectivity index (χ4v) is 4.25. The van der Waals surface area contributed by atoms with Gasteiger partial charge in [-0.3, -0.25) is 0 Å². The minimum Gasteiger partial charge on any atom is -0.473 e. The molecule has 4 saturated carbocycles. The van der Waals surface area contributed by atoms with Crippen molar-refractivity contribution in [1.29, 1.82) is 0 Å². The van der Waals surface area contributed by atoms with Crippen LogP contribution in [-0.2, 0) is 9.59 Å². The number of hydroxylamine groups is 1. The highest BCUT2D eigenvalue weighted by Crippen LogP contribution is 2.55. The molecular weight excluding hydrogens is 238 g/mol. The normalized spacial score (nSPS) is 39.9. The van der Waals surface area contributed by atoms with Gasteiger partial charge in [0, 0.05) is 5.54 Å². The van der Waals surface area contributed by atoms with E-state index in [0.29, 0.717) is 0 Å². The molecule has 0 atom stereocenters. The lowest BCUT2D eigenvalue weighted by molar-refractivity contribution is -0.159. The number of hydrogen-bond donors (Lipinski definition) is 4. The summed E-state index contributed by atoms with van der Waals surface area (Å²) in [4.78, 5) is 18.2. The zero-order valence-electron chi connectivity index (χ0n) is 10.1. The van der Waals surface area contributed by atoms with Gasteiger partial charge in [0.05, 0.1) is 0 Å². The summed E-state index contributed by atoms with van der Waals surface area (Å²) >= 11 is 0. The van der Waals surface area contributed by atoms with Crippen molar-refractivity contribution in [3.05, 3.63) is 0 Å². The van der Waals surface area contributed by atoms with E-state index >= 15 is 0 Å². The first-order valence-electron chi connectivity index (χ1n) is 6.31. The van der Waals surface area contributed by atoms with E-state index < -0.39 is 11.9 Å². The van der Waals surface area contributed by atoms with Crippen molar-refractivity contribution in [2.24, 2.45) is 17.8 Å². The van der Waals surface area contributed by atoms with E-state index in [2.05, 4.69) is 5.48 Å². The Kier molecular flexibility index (Phi) is 3.59. The van der Waals surface area contributed by atoms with Crippen LogP contribution in [0.4, 0.5) is 0 Å². The Labute approximate surface area is 105 Å². The molecule has 18 heavy (non-hydrogen) atoms. The van der Waals surface area contributed by atoms with Crippen LogP contribution in [0, 0.1) is 17.8 Å². The van der Waals surface area contributed by atoms with Crippen LogP contribution in [0.15, 0.2) is 0 Å². The molecule has 4 N–H and O–H groups in total. The van der Waals surface area contributed by atoms with E-state index in [1.54, 1.807) is 0 Å². The number of hydrogen-bond acceptors (Lipinski definition) is 4. The van der Waals surface area contributed by atoms with Crippen molar-refractivity contribution in [1.82, 2.24) is 5.48 Å². The van der Waals surface area contributed by atoms with Gasteiger partial charge in [-0.1, -0.05) is 0 Å². The number of carboxylic acids is 2. The van der Waals surface area contributed by atoms with Gasteiger partial charge in [0.1, 0.15) is 0 Å². The number of carboxylic acid groups (broad SMARTS) is 2. The summed E-state index contributed by atoms with van der Waals surface area (Å²) in [7, 11) is 0. The van der Waals surface area contributed by atoms with Crippen molar-refractivity contribution < 1.29 is 25.0 Å². The molecule has 0 unspecified atom stereocenters. The lowest BCUT2D eigenvalue weighted by Crippen LogP contribution is -2.57. The van der Waals surface area contributed by atoms with Crippen LogP contribution < -0.4 is 5.48 Å². The van der Waals surface area contributed by atoms with Gasteiger partial charge in [-0.05, 0) is 56.3 Å². The van der Waals surface area contributed by atoms with Gasteiger partial charge in [-0.2, -0.15) is 5.48 Å². The van der Waals surface area contributed by atoms with Crippen molar-refractivity contribution in [3.63, 3.8) is 0 Å². The molecule has 0 aromatic rings. The van der Waals surface area contributed by atoms with Crippen LogP contribution in [-0.4, -0.2) is 32.9 Å². The largest absolute Gasteiger partial charge is 0.473 e. The summed E-state index contributed by atoms with van der Waals surface area (Å²) in [6.07, 6.45) is 8.03. The van der Waals surface area contributed by atoms with Gasteiger partial charge in [0.15, 0.2) is 0 Å². The lowest BCUT2D eigenvalue weighted by atomic mass is 9.53. The minimum atomic E-state index is -1.82. The molecule has 0 aromatic carbocycles. The van der Waals surface area contributed by atoms with Gasteiger partial charge >= 0.3 is 11.9 Å². The highest BCUT2D eigenvalue weighted by molar-refractivity contribution is 6.27. The topological polar surface area (TPSA) is 107 Å². The van der Waals surface area contributed by atoms with Crippen LogP contribution in [0.1, 0.15) is 38.5 Å². The molecule has 0 saturated heterocycles. The lowest BCUT2D eigenvalue weighted by Gasteiger charge is -2.56. The molecule has 0 aromatic heterocycles. The first kappa shape index (κ1) is 13.3. The van der Waals surface area contributed by atoms with E-state index in [1.165, 1.54) is 38.5 Å². The number of nitrogens with one attached hydrogen (secondary N) is 1. The molecule has 4 bridgehead atoms. The maximum atomic E-state index is 9.18. The number of rotatable bonds is 1. The molecule has 6 nitrogen and oxygen atoms in total. The Bertz CT molecular complexity index is 307. The molecular formula is C12H19NO5. The summed E-state index contributed by atoms with van der Waals surface area (Å²) in [6, 6.07) is 0. The molecule has 0 spiro atoms. The van der Waals surface area contributed by atoms with E-state index in [-0.39, 0.29) is 5.54 Å². The predicted octanol–water partition coefficient (Wildman–Crippen LogP) is 1.09. The third-order valence-corrected chi connectivity index (χ3v) is 4.46. The average Bonchev–Trinajstić information content (AvgIpc) is 2.28. The van der Waals surface area contributed by atoms with Crippen molar-refractivity contribution in [2.75, 3.05) is 0 Å². The van der Waals surface area contributed by atoms with Crippen LogP contribution >= 0.6 is 0 Å². The van der Waals surface area contributed by atoms with Crippen molar-refractivity contribution in [2.45, 2.75) is 44.1 Å². The first-order chi connectivity index (χ1) is 8.44. The summed E-state index contributed by atoms with van der Waals surface area (Å²) < 4.78 is 0. The van der Waals surface area contributed by atoms with Crippen LogP contribution in [0.25, 0.3) is 0 Å². The zero-order valence-corrected chi connectivity index (χ0v) is 10.1. The first-order valence-corrected chi connectivity index (χ1v) is 6.31. The molecule has 4 fully saturated rings. The molecule has 0 radical (unpaired) electrons. The summed E-state index contributed by atoms with van der Waals surface area (Å²) in [5.74, 6) is -0.868. The van der Waals surface area contributed by atoms with Crippen LogP contribution in [0.3, 0.4) is 0 Å². The second-order valence-electron chi connectivity index (χ2n) is 5.92. The monoisotopic (exact) mass is 257 g/mol. The highest BCUT2D eigenvalue weighted by Gasteiger charge is 2.50. The Morgan fingerprint density at radius 3 is 1.44 bits per heavy atom. The predicted molar refractivity (Wildman–Crippen MR) is 61.1 cm³/mol. The molecule has 102 valence electrons. The third kappa shape index (κ3) is 2.64. The zero-order chi connectivity index (χ0) is 13.3. The van der Waals surface area contributed by atoms with Gasteiger partial charge < -0.3 is 15.4 Å². The smallest absolute Gasteiger partial charge is 0.414 e. The molecule has 4 aliphatic rings. The molecule has 0 aliphatic heterocycles. The van der Waals surface area contributed by atoms with Gasteiger partial charge in [0.25, 0.3) is 0 Å². The fraction of sp³-hybridized carbons (Fsp3) is 0.833.